The van der Waals surface area contributed by atoms with E-state index in [1.807, 2.05) is 17.7 Å². The smallest absolute Gasteiger partial charge is 0.259 e. The number of carbonyl (C=O) groups excluding carboxylic acids is 1. The molecule has 8 heteroatoms. The molecule has 0 saturated heterocycles. The van der Waals surface area contributed by atoms with Crippen LogP contribution < -0.4 is 0 Å². The van der Waals surface area contributed by atoms with Crippen LogP contribution in [0, 0.1) is 6.92 Å². The molecule has 0 atom stereocenters. The average Bonchev–Trinajstić information content (AvgIpc) is 3.11. The number of carbonyl (C=O) groups is 1. The molecule has 0 bridgehead atoms. The van der Waals surface area contributed by atoms with Crippen molar-refractivity contribution in [2.45, 2.75) is 20.0 Å². The molecule has 0 unspecified atom stereocenters. The minimum Gasteiger partial charge on any atom is -0.329 e. The van der Waals surface area contributed by atoms with Crippen molar-refractivity contribution in [2.75, 3.05) is 6.54 Å². The SMILES string of the molecule is Cc1ccn2ncc(C(=O)N3CCn4ncnc4C3)c2n1. The highest BCUT2D eigenvalue weighted by Crippen LogP contribution is 2.16. The summed E-state index contributed by atoms with van der Waals surface area (Å²) in [4.78, 5) is 23.0. The molecule has 4 rings (SSSR count). The lowest BCUT2D eigenvalue weighted by molar-refractivity contribution is 0.0704. The average molecular weight is 283 g/mol. The summed E-state index contributed by atoms with van der Waals surface area (Å²) in [5.41, 5.74) is 1.97. The Morgan fingerprint density at radius 3 is 3.10 bits per heavy atom. The van der Waals surface area contributed by atoms with Crippen LogP contribution in [0.2, 0.25) is 0 Å². The van der Waals surface area contributed by atoms with Crippen molar-refractivity contribution >= 4 is 11.6 Å². The highest BCUT2D eigenvalue weighted by molar-refractivity contribution is 5.99. The van der Waals surface area contributed by atoms with Gasteiger partial charge >= 0.3 is 0 Å². The molecule has 0 radical (unpaired) electrons. The number of fused-ring (bicyclic) bond motifs is 2. The standard InChI is InChI=1S/C13H13N7O/c1-9-2-3-20-12(17-9)10(6-15-20)13(21)18-4-5-19-11(7-18)14-8-16-19/h2-3,6,8H,4-5,7H2,1H3. The van der Waals surface area contributed by atoms with Gasteiger partial charge in [-0.05, 0) is 13.0 Å². The zero-order chi connectivity index (χ0) is 14.4. The molecule has 0 saturated carbocycles. The van der Waals surface area contributed by atoms with Gasteiger partial charge in [-0.2, -0.15) is 10.2 Å². The zero-order valence-electron chi connectivity index (χ0n) is 11.5. The molecule has 1 amide bonds. The molecule has 21 heavy (non-hydrogen) atoms. The number of aromatic nitrogens is 6. The summed E-state index contributed by atoms with van der Waals surface area (Å²) in [6.07, 6.45) is 4.90. The highest BCUT2D eigenvalue weighted by atomic mass is 16.2. The normalized spacial score (nSPS) is 14.4. The van der Waals surface area contributed by atoms with Crippen molar-refractivity contribution < 1.29 is 4.79 Å². The lowest BCUT2D eigenvalue weighted by Crippen LogP contribution is -2.38. The van der Waals surface area contributed by atoms with Crippen LogP contribution in [0.4, 0.5) is 0 Å². The lowest BCUT2D eigenvalue weighted by Gasteiger charge is -2.26. The van der Waals surface area contributed by atoms with E-state index < -0.39 is 0 Å². The Bertz CT molecular complexity index is 834. The van der Waals surface area contributed by atoms with Gasteiger partial charge in [0.1, 0.15) is 17.7 Å². The van der Waals surface area contributed by atoms with E-state index in [2.05, 4.69) is 20.2 Å². The van der Waals surface area contributed by atoms with Gasteiger partial charge in [0.15, 0.2) is 5.65 Å². The second-order valence-electron chi connectivity index (χ2n) is 5.02. The number of aryl methyl sites for hydroxylation is 1. The first-order valence-corrected chi connectivity index (χ1v) is 6.69. The van der Waals surface area contributed by atoms with E-state index in [4.69, 9.17) is 0 Å². The van der Waals surface area contributed by atoms with Gasteiger partial charge in [0, 0.05) is 18.4 Å². The first-order chi connectivity index (χ1) is 10.2. The van der Waals surface area contributed by atoms with Crippen molar-refractivity contribution in [3.63, 3.8) is 0 Å². The van der Waals surface area contributed by atoms with Crippen molar-refractivity contribution in [3.05, 3.63) is 41.9 Å². The minimum atomic E-state index is -0.0719. The van der Waals surface area contributed by atoms with Gasteiger partial charge in [-0.25, -0.2) is 19.2 Å². The van der Waals surface area contributed by atoms with Crippen LogP contribution in [0.25, 0.3) is 5.65 Å². The number of hydrogen-bond donors (Lipinski definition) is 0. The molecule has 4 heterocycles. The fourth-order valence-electron chi connectivity index (χ4n) is 2.52. The van der Waals surface area contributed by atoms with E-state index in [1.165, 1.54) is 6.33 Å². The third-order valence-electron chi connectivity index (χ3n) is 3.64. The van der Waals surface area contributed by atoms with Crippen LogP contribution in [-0.4, -0.2) is 46.7 Å². The molecule has 1 aliphatic rings. The van der Waals surface area contributed by atoms with Crippen molar-refractivity contribution in [3.8, 4) is 0 Å². The summed E-state index contributed by atoms with van der Waals surface area (Å²) in [6, 6.07) is 1.86. The number of amides is 1. The van der Waals surface area contributed by atoms with Gasteiger partial charge in [-0.1, -0.05) is 0 Å². The predicted molar refractivity (Wildman–Crippen MR) is 72.5 cm³/mol. The quantitative estimate of drug-likeness (QED) is 0.641. The Balaban J connectivity index is 1.69. The first-order valence-electron chi connectivity index (χ1n) is 6.69. The fraction of sp³-hybridized carbons (Fsp3) is 0.308. The maximum atomic E-state index is 12.7. The van der Waals surface area contributed by atoms with E-state index in [1.54, 1.807) is 21.8 Å². The Morgan fingerprint density at radius 1 is 1.29 bits per heavy atom. The van der Waals surface area contributed by atoms with Crippen molar-refractivity contribution in [1.82, 2.24) is 34.3 Å². The molecule has 0 aromatic carbocycles. The monoisotopic (exact) mass is 283 g/mol. The third kappa shape index (κ3) is 1.87. The molecule has 1 aliphatic heterocycles. The zero-order valence-corrected chi connectivity index (χ0v) is 11.5. The van der Waals surface area contributed by atoms with Crippen molar-refractivity contribution in [1.29, 1.82) is 0 Å². The summed E-state index contributed by atoms with van der Waals surface area (Å²) in [5, 5.41) is 8.30. The van der Waals surface area contributed by atoms with Crippen LogP contribution >= 0.6 is 0 Å². The Labute approximate surface area is 120 Å². The van der Waals surface area contributed by atoms with E-state index >= 15 is 0 Å². The number of hydrogen-bond acceptors (Lipinski definition) is 5. The molecule has 0 fully saturated rings. The molecule has 3 aromatic rings. The van der Waals surface area contributed by atoms with E-state index in [9.17, 15) is 4.79 Å². The molecule has 0 aliphatic carbocycles. The van der Waals surface area contributed by atoms with Gasteiger partial charge in [-0.15, -0.1) is 0 Å². The van der Waals surface area contributed by atoms with Crippen LogP contribution in [-0.2, 0) is 13.1 Å². The molecule has 3 aromatic heterocycles. The lowest BCUT2D eigenvalue weighted by atomic mass is 10.2. The Hall–Kier alpha value is -2.77. The molecular formula is C13H13N7O. The second kappa shape index (κ2) is 4.37. The van der Waals surface area contributed by atoms with E-state index in [0.717, 1.165) is 11.5 Å². The van der Waals surface area contributed by atoms with Gasteiger partial charge in [0.25, 0.3) is 5.91 Å². The molecular weight excluding hydrogens is 270 g/mol. The van der Waals surface area contributed by atoms with Crippen LogP contribution in [0.3, 0.4) is 0 Å². The number of nitrogens with zero attached hydrogens (tertiary/aromatic N) is 7. The summed E-state index contributed by atoms with van der Waals surface area (Å²) in [6.45, 7) is 3.62. The van der Waals surface area contributed by atoms with Gasteiger partial charge < -0.3 is 4.90 Å². The molecule has 0 spiro atoms. The van der Waals surface area contributed by atoms with Crippen LogP contribution in [0.5, 0.6) is 0 Å². The van der Waals surface area contributed by atoms with Crippen LogP contribution in [0.15, 0.2) is 24.8 Å². The summed E-state index contributed by atoms with van der Waals surface area (Å²) < 4.78 is 3.44. The largest absolute Gasteiger partial charge is 0.329 e. The molecule has 8 nitrogen and oxygen atoms in total. The maximum Gasteiger partial charge on any atom is 0.259 e. The second-order valence-corrected chi connectivity index (χ2v) is 5.02. The summed E-state index contributed by atoms with van der Waals surface area (Å²) in [7, 11) is 0. The van der Waals surface area contributed by atoms with E-state index in [0.29, 0.717) is 30.8 Å². The third-order valence-corrected chi connectivity index (χ3v) is 3.64. The number of rotatable bonds is 1. The molecule has 0 N–H and O–H groups in total. The fourth-order valence-corrected chi connectivity index (χ4v) is 2.52. The first kappa shape index (κ1) is 12.0. The topological polar surface area (TPSA) is 81.2 Å². The van der Waals surface area contributed by atoms with Gasteiger partial charge in [-0.3, -0.25) is 4.79 Å². The Morgan fingerprint density at radius 2 is 2.19 bits per heavy atom. The maximum absolute atomic E-state index is 12.7. The summed E-state index contributed by atoms with van der Waals surface area (Å²) in [5.74, 6) is 0.729. The van der Waals surface area contributed by atoms with Crippen LogP contribution in [0.1, 0.15) is 21.9 Å². The molecule has 106 valence electrons. The minimum absolute atomic E-state index is 0.0719. The predicted octanol–water partition coefficient (Wildman–Crippen LogP) is 0.285. The highest BCUT2D eigenvalue weighted by Gasteiger charge is 2.25. The van der Waals surface area contributed by atoms with Gasteiger partial charge in [0.05, 0.1) is 19.3 Å². The van der Waals surface area contributed by atoms with Crippen molar-refractivity contribution in [2.24, 2.45) is 0 Å². The van der Waals surface area contributed by atoms with E-state index in [-0.39, 0.29) is 5.91 Å². The van der Waals surface area contributed by atoms with Gasteiger partial charge in [0.2, 0.25) is 0 Å². The Kier molecular flexibility index (Phi) is 2.50. The summed E-state index contributed by atoms with van der Waals surface area (Å²) >= 11 is 0.